The Morgan fingerprint density at radius 2 is 1.31 bits per heavy atom. The molecule has 84 valence electrons. The number of hydrogen-bond donors (Lipinski definition) is 0. The second kappa shape index (κ2) is 4.34. The van der Waals surface area contributed by atoms with Gasteiger partial charge in [0, 0.05) is 0 Å². The van der Waals surface area contributed by atoms with Crippen molar-refractivity contribution in [2.75, 3.05) is 18.8 Å². The lowest BCUT2D eigenvalue weighted by molar-refractivity contribution is 1.43. The largest absolute Gasteiger partial charge is 0.223 e. The van der Waals surface area contributed by atoms with Gasteiger partial charge in [0.25, 0.3) is 0 Å². The molecule has 16 heavy (non-hydrogen) atoms. The fourth-order valence-corrected chi connectivity index (χ4v) is 2.65. The topological polar surface area (TPSA) is 0 Å². The SMILES string of the molecule is CS(C)(C)c1cccc(-c2ccccc2)c1. The van der Waals surface area contributed by atoms with Crippen LogP contribution in [0.2, 0.25) is 0 Å². The Balaban J connectivity index is 2.45. The van der Waals surface area contributed by atoms with Crippen LogP contribution in [-0.2, 0) is 0 Å². The number of rotatable bonds is 2. The second-order valence-corrected chi connectivity index (χ2v) is 8.88. The minimum Gasteiger partial charge on any atom is -0.223 e. The van der Waals surface area contributed by atoms with Crippen LogP contribution in [0.1, 0.15) is 0 Å². The molecule has 0 saturated carbocycles. The molecule has 0 aliphatic carbocycles. The lowest BCUT2D eigenvalue weighted by Crippen LogP contribution is -1.92. The third kappa shape index (κ3) is 2.48. The molecule has 0 saturated heterocycles. The Labute approximate surface area is 99.6 Å². The normalized spacial score (nSPS) is 12.4. The molecule has 0 atom stereocenters. The van der Waals surface area contributed by atoms with E-state index in [1.54, 1.807) is 0 Å². The zero-order chi connectivity index (χ0) is 11.6. The Morgan fingerprint density at radius 3 is 1.94 bits per heavy atom. The fourth-order valence-electron chi connectivity index (χ4n) is 1.69. The average Bonchev–Trinajstić information content (AvgIpc) is 2.29. The van der Waals surface area contributed by atoms with E-state index < -0.39 is 10.0 Å². The molecule has 2 aromatic carbocycles. The highest BCUT2D eigenvalue weighted by Gasteiger charge is 2.08. The summed E-state index contributed by atoms with van der Waals surface area (Å²) >= 11 is 0. The predicted octanol–water partition coefficient (Wildman–Crippen LogP) is 4.41. The molecule has 0 amide bonds. The first-order valence-corrected chi connectivity index (χ1v) is 8.27. The van der Waals surface area contributed by atoms with Gasteiger partial charge in [-0.2, -0.15) is 0 Å². The van der Waals surface area contributed by atoms with Gasteiger partial charge in [0.15, 0.2) is 0 Å². The van der Waals surface area contributed by atoms with Crippen molar-refractivity contribution in [1.29, 1.82) is 0 Å². The molecular formula is C15H18S. The molecule has 0 aliphatic heterocycles. The van der Waals surface area contributed by atoms with Gasteiger partial charge >= 0.3 is 0 Å². The van der Waals surface area contributed by atoms with Crippen LogP contribution in [0, 0.1) is 0 Å². The zero-order valence-corrected chi connectivity index (χ0v) is 10.9. The summed E-state index contributed by atoms with van der Waals surface area (Å²) in [6.45, 7) is 0. The van der Waals surface area contributed by atoms with Crippen molar-refractivity contribution in [3.05, 3.63) is 54.6 Å². The molecular weight excluding hydrogens is 212 g/mol. The van der Waals surface area contributed by atoms with E-state index in [0.29, 0.717) is 0 Å². The van der Waals surface area contributed by atoms with E-state index in [0.717, 1.165) is 0 Å². The van der Waals surface area contributed by atoms with Gasteiger partial charge in [-0.1, -0.05) is 48.5 Å². The van der Waals surface area contributed by atoms with E-state index in [1.807, 2.05) is 0 Å². The summed E-state index contributed by atoms with van der Waals surface area (Å²) in [6, 6.07) is 19.5. The molecule has 0 spiro atoms. The first kappa shape index (κ1) is 11.3. The Morgan fingerprint density at radius 1 is 0.688 bits per heavy atom. The minimum atomic E-state index is -0.633. The van der Waals surface area contributed by atoms with Gasteiger partial charge in [-0.3, -0.25) is 0 Å². The van der Waals surface area contributed by atoms with Gasteiger partial charge in [-0.25, -0.2) is 10.0 Å². The minimum absolute atomic E-state index is 0.633. The highest BCUT2D eigenvalue weighted by molar-refractivity contribution is 8.32. The van der Waals surface area contributed by atoms with Crippen molar-refractivity contribution in [2.24, 2.45) is 0 Å². The maximum atomic E-state index is 2.33. The van der Waals surface area contributed by atoms with Crippen molar-refractivity contribution in [2.45, 2.75) is 4.90 Å². The summed E-state index contributed by atoms with van der Waals surface area (Å²) in [5, 5.41) is 0. The molecule has 0 unspecified atom stereocenters. The lowest BCUT2D eigenvalue weighted by atomic mass is 10.1. The van der Waals surface area contributed by atoms with Crippen LogP contribution < -0.4 is 0 Å². The number of hydrogen-bond acceptors (Lipinski definition) is 0. The summed E-state index contributed by atoms with van der Waals surface area (Å²) < 4.78 is 0. The highest BCUT2D eigenvalue weighted by atomic mass is 32.3. The molecule has 0 aliphatic rings. The maximum absolute atomic E-state index is 2.33. The van der Waals surface area contributed by atoms with Crippen molar-refractivity contribution in [3.63, 3.8) is 0 Å². The highest BCUT2D eigenvalue weighted by Crippen LogP contribution is 2.45. The summed E-state index contributed by atoms with van der Waals surface area (Å²) in [5.74, 6) is 0. The zero-order valence-electron chi connectivity index (χ0n) is 10.1. The van der Waals surface area contributed by atoms with Crippen LogP contribution in [-0.4, -0.2) is 18.8 Å². The molecule has 0 nitrogen and oxygen atoms in total. The monoisotopic (exact) mass is 230 g/mol. The molecule has 0 heterocycles. The van der Waals surface area contributed by atoms with Crippen LogP contribution in [0.25, 0.3) is 11.1 Å². The van der Waals surface area contributed by atoms with E-state index in [4.69, 9.17) is 0 Å². The lowest BCUT2D eigenvalue weighted by Gasteiger charge is -2.26. The van der Waals surface area contributed by atoms with Crippen LogP contribution >= 0.6 is 10.0 Å². The standard InChI is InChI=1S/C15H18S/c1-16(2,3)15-11-7-10-14(12-15)13-8-5-4-6-9-13/h4-12H,1-3H3. The van der Waals surface area contributed by atoms with Crippen molar-refractivity contribution in [3.8, 4) is 11.1 Å². The molecule has 0 bridgehead atoms. The van der Waals surface area contributed by atoms with Gasteiger partial charge in [-0.05, 0) is 40.9 Å². The fraction of sp³-hybridized carbons (Fsp3) is 0.200. The predicted molar refractivity (Wildman–Crippen MR) is 75.5 cm³/mol. The van der Waals surface area contributed by atoms with Gasteiger partial charge in [0.05, 0.1) is 0 Å². The quantitative estimate of drug-likeness (QED) is 0.717. The molecule has 0 N–H and O–H groups in total. The summed E-state index contributed by atoms with van der Waals surface area (Å²) in [6.07, 6.45) is 6.99. The maximum Gasteiger partial charge on any atom is -0.0100 e. The second-order valence-electron chi connectivity index (χ2n) is 4.73. The molecule has 0 fully saturated rings. The molecule has 1 heteroatoms. The van der Waals surface area contributed by atoms with Gasteiger partial charge in [-0.15, -0.1) is 0 Å². The summed E-state index contributed by atoms with van der Waals surface area (Å²) in [4.78, 5) is 1.47. The van der Waals surface area contributed by atoms with E-state index in [1.165, 1.54) is 16.0 Å². The summed E-state index contributed by atoms with van der Waals surface area (Å²) in [7, 11) is -0.633. The van der Waals surface area contributed by atoms with E-state index in [-0.39, 0.29) is 0 Å². The van der Waals surface area contributed by atoms with Crippen molar-refractivity contribution >= 4 is 10.0 Å². The molecule has 0 radical (unpaired) electrons. The van der Waals surface area contributed by atoms with Gasteiger partial charge < -0.3 is 0 Å². The van der Waals surface area contributed by atoms with E-state index in [9.17, 15) is 0 Å². The molecule has 2 aromatic rings. The van der Waals surface area contributed by atoms with Crippen LogP contribution in [0.4, 0.5) is 0 Å². The van der Waals surface area contributed by atoms with Crippen molar-refractivity contribution in [1.82, 2.24) is 0 Å². The first-order valence-electron chi connectivity index (χ1n) is 5.41. The van der Waals surface area contributed by atoms with Crippen molar-refractivity contribution < 1.29 is 0 Å². The smallest absolute Gasteiger partial charge is 0.0100 e. The van der Waals surface area contributed by atoms with E-state index >= 15 is 0 Å². The Bertz CT molecular complexity index is 466. The third-order valence-corrected chi connectivity index (χ3v) is 4.32. The van der Waals surface area contributed by atoms with E-state index in [2.05, 4.69) is 73.4 Å². The Kier molecular flexibility index (Phi) is 3.06. The van der Waals surface area contributed by atoms with Crippen LogP contribution in [0.3, 0.4) is 0 Å². The first-order chi connectivity index (χ1) is 7.57. The third-order valence-electron chi connectivity index (χ3n) is 2.65. The van der Waals surface area contributed by atoms with Crippen LogP contribution in [0.5, 0.6) is 0 Å². The number of benzene rings is 2. The summed E-state index contributed by atoms with van der Waals surface area (Å²) in [5.41, 5.74) is 2.62. The van der Waals surface area contributed by atoms with Gasteiger partial charge in [0.2, 0.25) is 0 Å². The van der Waals surface area contributed by atoms with Crippen LogP contribution in [0.15, 0.2) is 59.5 Å². The Hall–Kier alpha value is -1.21. The molecule has 2 rings (SSSR count). The molecule has 0 aromatic heterocycles. The van der Waals surface area contributed by atoms with Gasteiger partial charge in [0.1, 0.15) is 0 Å². The average molecular weight is 230 g/mol.